The highest BCUT2D eigenvalue weighted by Crippen LogP contribution is 2.34. The molecule has 0 bridgehead atoms. The van der Waals surface area contributed by atoms with Crippen LogP contribution in [-0.2, 0) is 0 Å². The summed E-state index contributed by atoms with van der Waals surface area (Å²) in [4.78, 5) is 12.4. The first-order chi connectivity index (χ1) is 12.1. The number of halogens is 1. The Labute approximate surface area is 152 Å². The molecule has 6 heteroatoms. The van der Waals surface area contributed by atoms with E-state index in [9.17, 15) is 4.79 Å². The van der Waals surface area contributed by atoms with Crippen molar-refractivity contribution < 1.29 is 14.3 Å². The Balaban J connectivity index is 1.61. The van der Waals surface area contributed by atoms with Crippen LogP contribution in [0.15, 0.2) is 42.5 Å². The van der Waals surface area contributed by atoms with E-state index in [0.29, 0.717) is 10.8 Å². The Bertz CT molecular complexity index is 749. The third kappa shape index (κ3) is 4.17. The molecule has 2 N–H and O–H groups in total. The minimum atomic E-state index is -0.216. The molecule has 2 aromatic carbocycles. The quantitative estimate of drug-likeness (QED) is 0.820. The highest BCUT2D eigenvalue weighted by molar-refractivity contribution is 6.30. The zero-order valence-corrected chi connectivity index (χ0v) is 15.0. The van der Waals surface area contributed by atoms with Crippen molar-refractivity contribution >= 4 is 17.6 Å². The summed E-state index contributed by atoms with van der Waals surface area (Å²) in [6.07, 6.45) is 0.785. The molecule has 0 aromatic heterocycles. The minimum Gasteiger partial charge on any atom is -0.454 e. The molecule has 2 atom stereocenters. The van der Waals surface area contributed by atoms with Gasteiger partial charge in [-0.25, -0.2) is 4.79 Å². The summed E-state index contributed by atoms with van der Waals surface area (Å²) in [5, 5.41) is 6.65. The fraction of sp³-hybridized carbons (Fsp3) is 0.316. The first-order valence-electron chi connectivity index (χ1n) is 8.29. The number of fused-ring (bicyclic) bond motifs is 1. The minimum absolute atomic E-state index is 0.0683. The number of hydrogen-bond acceptors (Lipinski definition) is 3. The predicted molar refractivity (Wildman–Crippen MR) is 97.1 cm³/mol. The summed E-state index contributed by atoms with van der Waals surface area (Å²) in [5.41, 5.74) is 1.98. The molecule has 3 rings (SSSR count). The van der Waals surface area contributed by atoms with E-state index in [0.717, 1.165) is 23.3 Å². The van der Waals surface area contributed by atoms with Crippen molar-refractivity contribution in [1.82, 2.24) is 10.6 Å². The van der Waals surface area contributed by atoms with E-state index in [1.54, 1.807) is 0 Å². The van der Waals surface area contributed by atoms with Crippen LogP contribution in [0.2, 0.25) is 5.02 Å². The maximum atomic E-state index is 12.4. The van der Waals surface area contributed by atoms with Gasteiger partial charge in [-0.1, -0.05) is 36.7 Å². The number of carbonyl (C=O) groups is 1. The molecule has 132 valence electrons. The number of amides is 2. The molecule has 0 saturated carbocycles. The van der Waals surface area contributed by atoms with Crippen LogP contribution >= 0.6 is 11.6 Å². The molecule has 2 unspecified atom stereocenters. The van der Waals surface area contributed by atoms with Gasteiger partial charge in [0, 0.05) is 5.02 Å². The molecule has 1 heterocycles. The molecule has 25 heavy (non-hydrogen) atoms. The SMILES string of the molecule is CCC(NC(=O)NC(C)c1ccc2c(c1)OCO2)c1ccc(Cl)cc1. The number of carbonyl (C=O) groups excluding carboxylic acids is 1. The molecular formula is C19H21ClN2O3. The topological polar surface area (TPSA) is 59.6 Å². The maximum Gasteiger partial charge on any atom is 0.315 e. The maximum absolute atomic E-state index is 12.4. The molecule has 0 spiro atoms. The second-order valence-electron chi connectivity index (χ2n) is 5.96. The largest absolute Gasteiger partial charge is 0.454 e. The predicted octanol–water partition coefficient (Wildman–Crippen LogP) is 4.58. The van der Waals surface area contributed by atoms with Gasteiger partial charge in [0.25, 0.3) is 0 Å². The number of urea groups is 1. The standard InChI is InChI=1S/C19H21ClN2O3/c1-3-16(13-4-7-15(20)8-5-13)22-19(23)21-12(2)14-6-9-17-18(10-14)25-11-24-17/h4-10,12,16H,3,11H2,1-2H3,(H2,21,22,23). The van der Waals surface area contributed by atoms with Crippen LogP contribution in [0.4, 0.5) is 4.79 Å². The van der Waals surface area contributed by atoms with E-state index in [1.807, 2.05) is 56.3 Å². The Kier molecular flexibility index (Phi) is 5.34. The number of benzene rings is 2. The van der Waals surface area contributed by atoms with Crippen molar-refractivity contribution in [2.45, 2.75) is 32.4 Å². The molecule has 0 fully saturated rings. The van der Waals surface area contributed by atoms with Gasteiger partial charge in [-0.3, -0.25) is 0 Å². The second-order valence-corrected chi connectivity index (χ2v) is 6.40. The van der Waals surface area contributed by atoms with E-state index < -0.39 is 0 Å². The first kappa shape index (κ1) is 17.4. The zero-order valence-electron chi connectivity index (χ0n) is 14.2. The lowest BCUT2D eigenvalue weighted by atomic mass is 10.0. The van der Waals surface area contributed by atoms with Crippen LogP contribution in [0, 0.1) is 0 Å². The molecular weight excluding hydrogens is 340 g/mol. The average Bonchev–Trinajstić information content (AvgIpc) is 3.08. The van der Waals surface area contributed by atoms with Crippen molar-refractivity contribution in [1.29, 1.82) is 0 Å². The van der Waals surface area contributed by atoms with Gasteiger partial charge in [-0.2, -0.15) is 0 Å². The van der Waals surface area contributed by atoms with Crippen LogP contribution in [-0.4, -0.2) is 12.8 Å². The van der Waals surface area contributed by atoms with E-state index in [-0.39, 0.29) is 24.9 Å². The van der Waals surface area contributed by atoms with Crippen LogP contribution in [0.5, 0.6) is 11.5 Å². The van der Waals surface area contributed by atoms with Gasteiger partial charge < -0.3 is 20.1 Å². The fourth-order valence-corrected chi connectivity index (χ4v) is 2.90. The fourth-order valence-electron chi connectivity index (χ4n) is 2.78. The normalized spacial score (nSPS) is 14.7. The van der Waals surface area contributed by atoms with E-state index in [4.69, 9.17) is 21.1 Å². The van der Waals surface area contributed by atoms with Gasteiger partial charge in [0.1, 0.15) is 0 Å². The summed E-state index contributed by atoms with van der Waals surface area (Å²) in [5.74, 6) is 1.44. The van der Waals surface area contributed by atoms with Crippen LogP contribution < -0.4 is 20.1 Å². The Morgan fingerprint density at radius 3 is 2.48 bits per heavy atom. The molecule has 2 amide bonds. The van der Waals surface area contributed by atoms with Gasteiger partial charge in [0.05, 0.1) is 12.1 Å². The molecule has 0 radical (unpaired) electrons. The summed E-state index contributed by atoms with van der Waals surface area (Å²) in [6, 6.07) is 12.7. The number of hydrogen-bond donors (Lipinski definition) is 2. The Morgan fingerprint density at radius 2 is 1.76 bits per heavy atom. The van der Waals surface area contributed by atoms with Crippen molar-refractivity contribution in [2.75, 3.05) is 6.79 Å². The first-order valence-corrected chi connectivity index (χ1v) is 8.66. The number of nitrogens with one attached hydrogen (secondary N) is 2. The van der Waals surface area contributed by atoms with Gasteiger partial charge in [0.2, 0.25) is 6.79 Å². The molecule has 2 aromatic rings. The van der Waals surface area contributed by atoms with Crippen molar-refractivity contribution in [2.24, 2.45) is 0 Å². The van der Waals surface area contributed by atoms with Gasteiger partial charge in [0.15, 0.2) is 11.5 Å². The number of ether oxygens (including phenoxy) is 2. The third-order valence-electron chi connectivity index (χ3n) is 4.23. The summed E-state index contributed by atoms with van der Waals surface area (Å²) in [6.45, 7) is 4.20. The lowest BCUT2D eigenvalue weighted by molar-refractivity contribution is 0.174. The van der Waals surface area contributed by atoms with Crippen LogP contribution in [0.25, 0.3) is 0 Å². The Hall–Kier alpha value is -2.40. The van der Waals surface area contributed by atoms with E-state index in [1.165, 1.54) is 0 Å². The second kappa shape index (κ2) is 7.66. The highest BCUT2D eigenvalue weighted by Gasteiger charge is 2.18. The number of rotatable bonds is 5. The van der Waals surface area contributed by atoms with Crippen molar-refractivity contribution in [3.8, 4) is 11.5 Å². The lowest BCUT2D eigenvalue weighted by Crippen LogP contribution is -2.39. The molecule has 0 aliphatic carbocycles. The van der Waals surface area contributed by atoms with Crippen LogP contribution in [0.1, 0.15) is 43.5 Å². The monoisotopic (exact) mass is 360 g/mol. The summed E-state index contributed by atoms with van der Waals surface area (Å²) >= 11 is 5.92. The van der Waals surface area contributed by atoms with Crippen molar-refractivity contribution in [3.63, 3.8) is 0 Å². The summed E-state index contributed by atoms with van der Waals surface area (Å²) < 4.78 is 10.7. The smallest absolute Gasteiger partial charge is 0.315 e. The van der Waals surface area contributed by atoms with Gasteiger partial charge >= 0.3 is 6.03 Å². The summed E-state index contributed by atoms with van der Waals surface area (Å²) in [7, 11) is 0. The molecule has 1 aliphatic heterocycles. The molecule has 0 saturated heterocycles. The van der Waals surface area contributed by atoms with E-state index in [2.05, 4.69) is 10.6 Å². The molecule has 1 aliphatic rings. The van der Waals surface area contributed by atoms with Gasteiger partial charge in [-0.15, -0.1) is 0 Å². The Morgan fingerprint density at radius 1 is 1.08 bits per heavy atom. The zero-order chi connectivity index (χ0) is 17.8. The third-order valence-corrected chi connectivity index (χ3v) is 4.48. The molecule has 5 nitrogen and oxygen atoms in total. The van der Waals surface area contributed by atoms with Crippen LogP contribution in [0.3, 0.4) is 0 Å². The highest BCUT2D eigenvalue weighted by atomic mass is 35.5. The lowest BCUT2D eigenvalue weighted by Gasteiger charge is -2.21. The van der Waals surface area contributed by atoms with Crippen molar-refractivity contribution in [3.05, 3.63) is 58.6 Å². The average molecular weight is 361 g/mol. The van der Waals surface area contributed by atoms with E-state index >= 15 is 0 Å². The van der Waals surface area contributed by atoms with Gasteiger partial charge in [-0.05, 0) is 48.7 Å².